The number of aromatic hydroxyl groups is 1. The number of hydrogen-bond acceptors (Lipinski definition) is 6. The van der Waals surface area contributed by atoms with Crippen molar-refractivity contribution in [2.24, 2.45) is 0 Å². The molecule has 2 aromatic rings. The monoisotopic (exact) mass is 523 g/mol. The molecule has 0 unspecified atom stereocenters. The number of carbonyl (C=O) groups excluding carboxylic acids is 3. The van der Waals surface area contributed by atoms with Crippen LogP contribution < -0.4 is 10.2 Å². The molecule has 29 heavy (non-hydrogen) atoms. The van der Waals surface area contributed by atoms with Crippen molar-refractivity contribution in [3.8, 4) is 5.75 Å². The van der Waals surface area contributed by atoms with Crippen molar-refractivity contribution in [3.63, 3.8) is 0 Å². The number of imide groups is 2. The van der Waals surface area contributed by atoms with E-state index in [9.17, 15) is 29.6 Å². The SMILES string of the molecule is Cc1cc(N2C(=O)NC(=O)/C(=C\c3cc(Br)c(O)c([N+](=O)[O-])c3)C2=O)ccc1Br. The average molecular weight is 525 g/mol. The fourth-order valence-electron chi connectivity index (χ4n) is 2.65. The van der Waals surface area contributed by atoms with Gasteiger partial charge in [0.25, 0.3) is 11.8 Å². The predicted molar refractivity (Wildman–Crippen MR) is 110 cm³/mol. The van der Waals surface area contributed by atoms with E-state index in [-0.39, 0.29) is 15.7 Å². The van der Waals surface area contributed by atoms with Gasteiger partial charge in [-0.1, -0.05) is 15.9 Å². The highest BCUT2D eigenvalue weighted by atomic mass is 79.9. The highest BCUT2D eigenvalue weighted by Gasteiger charge is 2.37. The number of halogens is 2. The number of rotatable bonds is 3. The number of anilines is 1. The van der Waals surface area contributed by atoms with Crippen molar-refractivity contribution in [2.45, 2.75) is 6.92 Å². The number of nitrogens with one attached hydrogen (secondary N) is 1. The molecule has 0 spiro atoms. The van der Waals surface area contributed by atoms with Gasteiger partial charge in [0.2, 0.25) is 5.75 Å². The van der Waals surface area contributed by atoms with Crippen LogP contribution in [0.15, 0.2) is 44.9 Å². The normalized spacial score (nSPS) is 15.6. The van der Waals surface area contributed by atoms with E-state index in [0.717, 1.165) is 27.1 Å². The molecule has 0 aliphatic carbocycles. The van der Waals surface area contributed by atoms with Crippen LogP contribution in [0.4, 0.5) is 16.2 Å². The molecule has 0 saturated carbocycles. The second-order valence-corrected chi connectivity index (χ2v) is 7.73. The standard InChI is InChI=1S/C18H11Br2N3O6/c1-8-4-10(2-3-12(8)19)22-17(26)11(16(25)21-18(22)27)5-9-6-13(20)15(24)14(7-9)23(28)29/h2-7,24H,1H3,(H,21,25,27)/b11-5+. The minimum atomic E-state index is -0.933. The largest absolute Gasteiger partial charge is 0.501 e. The second kappa shape index (κ2) is 7.76. The summed E-state index contributed by atoms with van der Waals surface area (Å²) in [6.45, 7) is 1.77. The zero-order valence-corrected chi connectivity index (χ0v) is 17.8. The summed E-state index contributed by atoms with van der Waals surface area (Å²) in [6, 6.07) is 6.20. The fourth-order valence-corrected chi connectivity index (χ4v) is 3.37. The summed E-state index contributed by atoms with van der Waals surface area (Å²) in [4.78, 5) is 48.5. The topological polar surface area (TPSA) is 130 Å². The molecule has 1 aliphatic rings. The van der Waals surface area contributed by atoms with Gasteiger partial charge in [-0.2, -0.15) is 0 Å². The first-order valence-corrected chi connectivity index (χ1v) is 9.53. The molecule has 1 saturated heterocycles. The maximum atomic E-state index is 12.9. The molecule has 0 radical (unpaired) electrons. The van der Waals surface area contributed by atoms with Gasteiger partial charge in [-0.05, 0) is 64.3 Å². The van der Waals surface area contributed by atoms with Crippen molar-refractivity contribution < 1.29 is 24.4 Å². The second-order valence-electron chi connectivity index (χ2n) is 6.02. The van der Waals surface area contributed by atoms with Gasteiger partial charge in [-0.15, -0.1) is 0 Å². The third-order valence-electron chi connectivity index (χ3n) is 4.07. The van der Waals surface area contributed by atoms with Crippen LogP contribution in [0.25, 0.3) is 6.08 Å². The van der Waals surface area contributed by atoms with Crippen LogP contribution in [0.5, 0.6) is 5.75 Å². The minimum Gasteiger partial charge on any atom is -0.501 e. The van der Waals surface area contributed by atoms with Crippen LogP contribution >= 0.6 is 31.9 Å². The van der Waals surface area contributed by atoms with Gasteiger partial charge in [0, 0.05) is 10.5 Å². The number of hydrogen-bond donors (Lipinski definition) is 2. The van der Waals surface area contributed by atoms with Gasteiger partial charge >= 0.3 is 11.7 Å². The number of benzene rings is 2. The Balaban J connectivity index is 2.08. The smallest absolute Gasteiger partial charge is 0.335 e. The molecule has 4 amide bonds. The van der Waals surface area contributed by atoms with Crippen molar-refractivity contribution >= 4 is 67.2 Å². The van der Waals surface area contributed by atoms with E-state index in [2.05, 4.69) is 37.2 Å². The Kier molecular flexibility index (Phi) is 5.53. The zero-order valence-electron chi connectivity index (χ0n) is 14.6. The molecule has 2 N–H and O–H groups in total. The molecule has 148 valence electrons. The lowest BCUT2D eigenvalue weighted by atomic mass is 10.1. The summed E-state index contributed by atoms with van der Waals surface area (Å²) >= 11 is 6.33. The Morgan fingerprint density at radius 3 is 2.45 bits per heavy atom. The predicted octanol–water partition coefficient (Wildman–Crippen LogP) is 3.80. The van der Waals surface area contributed by atoms with E-state index in [4.69, 9.17) is 0 Å². The molecule has 9 nitrogen and oxygen atoms in total. The number of nitrogens with zero attached hydrogens (tertiary/aromatic N) is 2. The number of nitro benzene ring substituents is 1. The number of phenols is 1. The van der Waals surface area contributed by atoms with E-state index in [1.165, 1.54) is 12.1 Å². The maximum Gasteiger partial charge on any atom is 0.335 e. The molecule has 0 atom stereocenters. The Morgan fingerprint density at radius 1 is 1.14 bits per heavy atom. The highest BCUT2D eigenvalue weighted by Crippen LogP contribution is 2.36. The van der Waals surface area contributed by atoms with Crippen molar-refractivity contribution in [3.05, 3.63) is 66.1 Å². The van der Waals surface area contributed by atoms with Gasteiger partial charge in [0.05, 0.1) is 15.1 Å². The van der Waals surface area contributed by atoms with Crippen LogP contribution in [-0.4, -0.2) is 27.9 Å². The maximum absolute atomic E-state index is 12.9. The summed E-state index contributed by atoms with van der Waals surface area (Å²) in [6.07, 6.45) is 1.11. The lowest BCUT2D eigenvalue weighted by Crippen LogP contribution is -2.54. The first-order chi connectivity index (χ1) is 13.6. The van der Waals surface area contributed by atoms with E-state index in [1.54, 1.807) is 19.1 Å². The molecule has 0 bridgehead atoms. The number of aryl methyl sites for hydroxylation is 1. The Labute approximate surface area is 180 Å². The van der Waals surface area contributed by atoms with Crippen LogP contribution in [-0.2, 0) is 9.59 Å². The van der Waals surface area contributed by atoms with Crippen LogP contribution in [0.3, 0.4) is 0 Å². The molecule has 1 fully saturated rings. The number of phenolic OH excluding ortho intramolecular Hbond substituents is 1. The molecular formula is C18H11Br2N3O6. The number of amides is 4. The fraction of sp³-hybridized carbons (Fsp3) is 0.0556. The summed E-state index contributed by atoms with van der Waals surface area (Å²) in [5.41, 5.74) is 0.137. The first-order valence-electron chi connectivity index (χ1n) is 7.94. The molecule has 1 aliphatic heterocycles. The number of nitro groups is 1. The third kappa shape index (κ3) is 3.91. The summed E-state index contributed by atoms with van der Waals surface area (Å²) < 4.78 is 0.790. The number of barbiturate groups is 1. The third-order valence-corrected chi connectivity index (χ3v) is 5.57. The van der Waals surface area contributed by atoms with Crippen molar-refractivity contribution in [1.29, 1.82) is 0 Å². The Morgan fingerprint density at radius 2 is 1.83 bits per heavy atom. The van der Waals surface area contributed by atoms with Crippen LogP contribution in [0, 0.1) is 17.0 Å². The first kappa shape index (κ1) is 20.7. The quantitative estimate of drug-likeness (QED) is 0.272. The minimum absolute atomic E-state index is 0.0127. The van der Waals surface area contributed by atoms with Crippen molar-refractivity contribution in [1.82, 2.24) is 5.32 Å². The molecule has 0 aromatic heterocycles. The van der Waals surface area contributed by atoms with E-state index < -0.39 is 39.8 Å². The van der Waals surface area contributed by atoms with E-state index in [0.29, 0.717) is 0 Å². The lowest BCUT2D eigenvalue weighted by molar-refractivity contribution is -0.386. The van der Waals surface area contributed by atoms with E-state index >= 15 is 0 Å². The zero-order chi connectivity index (χ0) is 21.5. The summed E-state index contributed by atoms with van der Waals surface area (Å²) in [5.74, 6) is -2.40. The molecule has 1 heterocycles. The van der Waals surface area contributed by atoms with Crippen molar-refractivity contribution in [2.75, 3.05) is 4.90 Å². The Hall–Kier alpha value is -3.05. The molecular weight excluding hydrogens is 514 g/mol. The van der Waals surface area contributed by atoms with Gasteiger partial charge in [-0.25, -0.2) is 9.69 Å². The number of urea groups is 1. The van der Waals surface area contributed by atoms with E-state index in [1.807, 2.05) is 0 Å². The Bertz CT molecular complexity index is 1130. The highest BCUT2D eigenvalue weighted by molar-refractivity contribution is 9.10. The van der Waals surface area contributed by atoms with Gasteiger partial charge in [0.1, 0.15) is 5.57 Å². The molecule has 3 rings (SSSR count). The van der Waals surface area contributed by atoms with Crippen LogP contribution in [0.1, 0.15) is 11.1 Å². The molecule has 2 aromatic carbocycles. The lowest BCUT2D eigenvalue weighted by Gasteiger charge is -2.26. The van der Waals surface area contributed by atoms with Gasteiger partial charge < -0.3 is 5.11 Å². The van der Waals surface area contributed by atoms with Gasteiger partial charge in [-0.3, -0.25) is 25.0 Å². The summed E-state index contributed by atoms with van der Waals surface area (Å²) in [7, 11) is 0. The van der Waals surface area contributed by atoms with Gasteiger partial charge in [0.15, 0.2) is 0 Å². The van der Waals surface area contributed by atoms with Crippen LogP contribution in [0.2, 0.25) is 0 Å². The number of carbonyl (C=O) groups is 3. The molecule has 11 heteroatoms. The summed E-state index contributed by atoms with van der Waals surface area (Å²) in [5, 5.41) is 22.9. The average Bonchev–Trinajstić information content (AvgIpc) is 2.63.